The number of carbonyl (C=O) groups is 2. The second-order valence-corrected chi connectivity index (χ2v) is 6.35. The number of carbonyl (C=O) groups excluding carboxylic acids is 2. The summed E-state index contributed by atoms with van der Waals surface area (Å²) in [6.07, 6.45) is 3.62. The van der Waals surface area contributed by atoms with Crippen LogP contribution in [0.4, 0.5) is 11.4 Å². The number of halogens is 1. The molecule has 0 unspecified atom stereocenters. The van der Waals surface area contributed by atoms with Crippen LogP contribution in [0.15, 0.2) is 12.1 Å². The highest BCUT2D eigenvalue weighted by Crippen LogP contribution is 2.36. The summed E-state index contributed by atoms with van der Waals surface area (Å²) >= 11 is 6.17. The van der Waals surface area contributed by atoms with Gasteiger partial charge in [-0.2, -0.15) is 0 Å². The minimum absolute atomic E-state index is 0.0300. The molecule has 7 heteroatoms. The Hall–Kier alpha value is -1.79. The Morgan fingerprint density at radius 1 is 1.35 bits per heavy atom. The number of nitrogens with one attached hydrogen (secondary N) is 3. The number of benzene rings is 1. The van der Waals surface area contributed by atoms with E-state index in [0.717, 1.165) is 32.4 Å². The molecule has 3 rings (SSSR count). The van der Waals surface area contributed by atoms with Crippen LogP contribution in [-0.2, 0) is 9.59 Å². The predicted octanol–water partition coefficient (Wildman–Crippen LogP) is 2.39. The molecule has 0 spiro atoms. The van der Waals surface area contributed by atoms with Crippen molar-refractivity contribution >= 4 is 34.8 Å². The van der Waals surface area contributed by atoms with E-state index in [2.05, 4.69) is 16.0 Å². The van der Waals surface area contributed by atoms with Crippen molar-refractivity contribution in [1.82, 2.24) is 5.32 Å². The zero-order valence-electron chi connectivity index (χ0n) is 12.8. The molecule has 2 aliphatic heterocycles. The van der Waals surface area contributed by atoms with E-state index < -0.39 is 0 Å². The highest BCUT2D eigenvalue weighted by molar-refractivity contribution is 6.34. The Morgan fingerprint density at radius 3 is 2.91 bits per heavy atom. The third-order valence-corrected chi connectivity index (χ3v) is 4.53. The average molecular weight is 338 g/mol. The molecule has 0 aromatic heterocycles. The molecule has 2 amide bonds. The smallest absolute Gasteiger partial charge is 0.262 e. The Balaban J connectivity index is 1.58. The van der Waals surface area contributed by atoms with Gasteiger partial charge in [0.2, 0.25) is 5.91 Å². The first kappa shape index (κ1) is 16.1. The van der Waals surface area contributed by atoms with Crippen LogP contribution in [0.5, 0.6) is 5.75 Å². The maximum Gasteiger partial charge on any atom is 0.262 e. The van der Waals surface area contributed by atoms with Crippen LogP contribution in [0.1, 0.15) is 25.7 Å². The Morgan fingerprint density at radius 2 is 2.13 bits per heavy atom. The van der Waals surface area contributed by atoms with Crippen molar-refractivity contribution < 1.29 is 14.3 Å². The molecule has 0 radical (unpaired) electrons. The van der Waals surface area contributed by atoms with Crippen molar-refractivity contribution in [2.24, 2.45) is 5.92 Å². The first-order valence-electron chi connectivity index (χ1n) is 7.88. The van der Waals surface area contributed by atoms with Gasteiger partial charge in [-0.1, -0.05) is 11.6 Å². The molecule has 2 aliphatic rings. The van der Waals surface area contributed by atoms with E-state index in [-0.39, 0.29) is 18.4 Å². The van der Waals surface area contributed by atoms with Crippen molar-refractivity contribution in [3.05, 3.63) is 17.2 Å². The zero-order chi connectivity index (χ0) is 16.2. The number of fused-ring (bicyclic) bond motifs is 1. The number of amides is 2. The van der Waals surface area contributed by atoms with Gasteiger partial charge in [-0.05, 0) is 44.3 Å². The monoisotopic (exact) mass is 337 g/mol. The van der Waals surface area contributed by atoms with E-state index in [1.165, 1.54) is 0 Å². The highest BCUT2D eigenvalue weighted by atomic mass is 35.5. The Labute approximate surface area is 139 Å². The van der Waals surface area contributed by atoms with Gasteiger partial charge in [-0.15, -0.1) is 0 Å². The minimum Gasteiger partial charge on any atom is -0.482 e. The van der Waals surface area contributed by atoms with Gasteiger partial charge in [-0.25, -0.2) is 0 Å². The number of hydrogen-bond acceptors (Lipinski definition) is 4. The van der Waals surface area contributed by atoms with Crippen LogP contribution in [0.2, 0.25) is 5.02 Å². The standard InChI is InChI=1S/C16H20ClN3O3/c17-11-7-13-14(23-9-16(22)20-13)8-12(11)19-15(21)2-1-10-3-5-18-6-4-10/h7-8,10,18H,1-6,9H2,(H,19,21)(H,20,22). The Kier molecular flexibility index (Phi) is 5.03. The lowest BCUT2D eigenvalue weighted by Crippen LogP contribution is -2.28. The highest BCUT2D eigenvalue weighted by Gasteiger charge is 2.19. The summed E-state index contributed by atoms with van der Waals surface area (Å²) in [5.41, 5.74) is 1.04. The van der Waals surface area contributed by atoms with Crippen LogP contribution < -0.4 is 20.7 Å². The molecule has 1 saturated heterocycles. The normalized spacial score (nSPS) is 17.9. The van der Waals surface area contributed by atoms with E-state index >= 15 is 0 Å². The molecule has 1 aromatic carbocycles. The molecule has 1 aromatic rings. The molecule has 0 atom stereocenters. The van der Waals surface area contributed by atoms with Gasteiger partial charge in [0.25, 0.3) is 5.91 Å². The van der Waals surface area contributed by atoms with E-state index in [4.69, 9.17) is 16.3 Å². The number of hydrogen-bond donors (Lipinski definition) is 3. The number of piperidine rings is 1. The first-order chi connectivity index (χ1) is 11.1. The van der Waals surface area contributed by atoms with E-state index in [1.807, 2.05) is 0 Å². The van der Waals surface area contributed by atoms with Gasteiger partial charge >= 0.3 is 0 Å². The van der Waals surface area contributed by atoms with Crippen LogP contribution in [-0.4, -0.2) is 31.5 Å². The molecular weight excluding hydrogens is 318 g/mol. The van der Waals surface area contributed by atoms with Crippen molar-refractivity contribution in [1.29, 1.82) is 0 Å². The zero-order valence-corrected chi connectivity index (χ0v) is 13.5. The summed E-state index contributed by atoms with van der Waals surface area (Å²) in [5, 5.41) is 9.21. The SMILES string of the molecule is O=C(CCC1CCNCC1)Nc1cc2c(cc1Cl)NC(=O)CO2. The lowest BCUT2D eigenvalue weighted by Gasteiger charge is -2.22. The van der Waals surface area contributed by atoms with Crippen LogP contribution in [0.25, 0.3) is 0 Å². The molecule has 3 N–H and O–H groups in total. The topological polar surface area (TPSA) is 79.5 Å². The van der Waals surface area contributed by atoms with Gasteiger partial charge in [-0.3, -0.25) is 9.59 Å². The van der Waals surface area contributed by atoms with Crippen LogP contribution >= 0.6 is 11.6 Å². The summed E-state index contributed by atoms with van der Waals surface area (Å²) in [6, 6.07) is 3.25. The maximum absolute atomic E-state index is 12.1. The third kappa shape index (κ3) is 4.14. The number of rotatable bonds is 4. The second-order valence-electron chi connectivity index (χ2n) is 5.95. The molecular formula is C16H20ClN3O3. The van der Waals surface area contributed by atoms with Crippen LogP contribution in [0.3, 0.4) is 0 Å². The van der Waals surface area contributed by atoms with Crippen molar-refractivity contribution in [2.75, 3.05) is 30.3 Å². The molecule has 6 nitrogen and oxygen atoms in total. The number of anilines is 2. The molecule has 1 fully saturated rings. The van der Waals surface area contributed by atoms with Gasteiger partial charge in [0.1, 0.15) is 5.75 Å². The van der Waals surface area contributed by atoms with Gasteiger partial charge < -0.3 is 20.7 Å². The predicted molar refractivity (Wildman–Crippen MR) is 89.0 cm³/mol. The van der Waals surface area contributed by atoms with Gasteiger partial charge in [0.15, 0.2) is 6.61 Å². The molecule has 0 aliphatic carbocycles. The first-order valence-corrected chi connectivity index (χ1v) is 8.26. The summed E-state index contributed by atoms with van der Waals surface area (Å²) in [6.45, 7) is 2.04. The lowest BCUT2D eigenvalue weighted by atomic mass is 9.93. The Bertz CT molecular complexity index is 615. The van der Waals surface area contributed by atoms with Crippen LogP contribution in [0, 0.1) is 5.92 Å². The van der Waals surface area contributed by atoms with E-state index in [0.29, 0.717) is 34.5 Å². The van der Waals surface area contributed by atoms with Crippen molar-refractivity contribution in [3.63, 3.8) is 0 Å². The van der Waals surface area contributed by atoms with Gasteiger partial charge in [0.05, 0.1) is 16.4 Å². The summed E-state index contributed by atoms with van der Waals surface area (Å²) in [5.74, 6) is 0.861. The third-order valence-electron chi connectivity index (χ3n) is 4.21. The fourth-order valence-electron chi connectivity index (χ4n) is 2.91. The average Bonchev–Trinajstić information content (AvgIpc) is 2.55. The second kappa shape index (κ2) is 7.19. The molecule has 0 bridgehead atoms. The van der Waals surface area contributed by atoms with E-state index in [1.54, 1.807) is 12.1 Å². The summed E-state index contributed by atoms with van der Waals surface area (Å²) < 4.78 is 5.34. The lowest BCUT2D eigenvalue weighted by molar-refractivity contribution is -0.119. The number of ether oxygens (including phenoxy) is 1. The van der Waals surface area contributed by atoms with Crippen molar-refractivity contribution in [2.45, 2.75) is 25.7 Å². The summed E-state index contributed by atoms with van der Waals surface area (Å²) in [7, 11) is 0. The van der Waals surface area contributed by atoms with Crippen molar-refractivity contribution in [3.8, 4) is 5.75 Å². The maximum atomic E-state index is 12.1. The fraction of sp³-hybridized carbons (Fsp3) is 0.500. The molecule has 124 valence electrons. The largest absolute Gasteiger partial charge is 0.482 e. The fourth-order valence-corrected chi connectivity index (χ4v) is 3.13. The summed E-state index contributed by atoms with van der Waals surface area (Å²) in [4.78, 5) is 23.4. The molecule has 2 heterocycles. The van der Waals surface area contributed by atoms with Gasteiger partial charge in [0, 0.05) is 12.5 Å². The minimum atomic E-state index is -0.215. The molecule has 23 heavy (non-hydrogen) atoms. The quantitative estimate of drug-likeness (QED) is 0.788. The van der Waals surface area contributed by atoms with E-state index in [9.17, 15) is 9.59 Å². The molecule has 0 saturated carbocycles.